The fraction of sp³-hybridized carbons (Fsp3) is 1.00. The third-order valence-corrected chi connectivity index (χ3v) is 6.04. The van der Waals surface area contributed by atoms with Crippen LogP contribution in [0.3, 0.4) is 0 Å². The van der Waals surface area contributed by atoms with E-state index in [1.54, 1.807) is 0 Å². The maximum Gasteiger partial charge on any atom is 0.00982 e. The van der Waals surface area contributed by atoms with Crippen LogP contribution in [0.4, 0.5) is 0 Å². The Morgan fingerprint density at radius 3 is 1.74 bits per heavy atom. The summed E-state index contributed by atoms with van der Waals surface area (Å²) in [5, 5.41) is 3.62. The number of fused-ring (bicyclic) bond motifs is 4. The minimum atomic E-state index is 0.888. The van der Waals surface area contributed by atoms with Crippen molar-refractivity contribution in [3.05, 3.63) is 0 Å². The second kappa shape index (κ2) is 5.73. The number of hydrogen-bond acceptors (Lipinski definition) is 2. The average molecular weight is 264 g/mol. The zero-order valence-corrected chi connectivity index (χ0v) is 13.1. The summed E-state index contributed by atoms with van der Waals surface area (Å²) in [4.78, 5) is 2.60. The Morgan fingerprint density at radius 2 is 1.21 bits per heavy atom. The monoisotopic (exact) mass is 264 g/mol. The molecular formula is C17H32N2. The fourth-order valence-electron chi connectivity index (χ4n) is 5.03. The van der Waals surface area contributed by atoms with E-state index in [-0.39, 0.29) is 0 Å². The van der Waals surface area contributed by atoms with Crippen molar-refractivity contribution in [2.75, 3.05) is 7.05 Å². The van der Waals surface area contributed by atoms with Crippen LogP contribution in [0.5, 0.6) is 0 Å². The highest BCUT2D eigenvalue weighted by molar-refractivity contribution is 4.92. The number of nitrogens with zero attached hydrogens (tertiary/aromatic N) is 1. The van der Waals surface area contributed by atoms with Crippen LogP contribution >= 0.6 is 0 Å². The molecule has 0 aromatic heterocycles. The topological polar surface area (TPSA) is 15.3 Å². The van der Waals surface area contributed by atoms with Crippen molar-refractivity contribution >= 4 is 0 Å². The van der Waals surface area contributed by atoms with Crippen molar-refractivity contribution in [1.82, 2.24) is 10.2 Å². The molecule has 4 aliphatic rings. The summed E-state index contributed by atoms with van der Waals surface area (Å²) < 4.78 is 0. The van der Waals surface area contributed by atoms with E-state index in [1.165, 1.54) is 51.4 Å². The summed E-state index contributed by atoms with van der Waals surface area (Å²) >= 11 is 0. The molecule has 2 heteroatoms. The molecule has 0 spiro atoms. The van der Waals surface area contributed by atoms with Crippen molar-refractivity contribution < 1.29 is 0 Å². The molecule has 0 aromatic carbocycles. The smallest absolute Gasteiger partial charge is 0.00982 e. The second-order valence-corrected chi connectivity index (χ2v) is 7.84. The standard InChI is InChI=1S/C9H17N.C8H15N/c1-7-5-8-3-4-9(6-7)10(8)2;1-6-4-7-2-3-8(5-6)9-7/h7-9H,3-6H2,1-2H3;6-9H,2-5H2,1H3. The molecule has 0 radical (unpaired) electrons. The molecule has 4 saturated heterocycles. The first kappa shape index (κ1) is 13.9. The normalized spacial score (nSPS) is 48.8. The summed E-state index contributed by atoms with van der Waals surface area (Å²) in [6, 6.07) is 3.65. The minimum Gasteiger partial charge on any atom is -0.311 e. The highest BCUT2D eigenvalue weighted by Gasteiger charge is 2.36. The molecule has 4 atom stereocenters. The molecule has 0 aliphatic carbocycles. The van der Waals surface area contributed by atoms with E-state index in [0.717, 1.165) is 36.0 Å². The van der Waals surface area contributed by atoms with Crippen LogP contribution in [0.15, 0.2) is 0 Å². The quantitative estimate of drug-likeness (QED) is 0.721. The van der Waals surface area contributed by atoms with Crippen LogP contribution in [0.25, 0.3) is 0 Å². The van der Waals surface area contributed by atoms with Gasteiger partial charge < -0.3 is 10.2 Å². The number of nitrogens with one attached hydrogen (secondary N) is 1. The molecule has 4 heterocycles. The van der Waals surface area contributed by atoms with E-state index < -0.39 is 0 Å². The molecule has 4 fully saturated rings. The van der Waals surface area contributed by atoms with Gasteiger partial charge in [0.25, 0.3) is 0 Å². The molecule has 0 aromatic rings. The maximum atomic E-state index is 3.62. The van der Waals surface area contributed by atoms with E-state index in [9.17, 15) is 0 Å². The van der Waals surface area contributed by atoms with Gasteiger partial charge >= 0.3 is 0 Å². The first-order chi connectivity index (χ1) is 9.11. The Bertz CT molecular complexity index is 278. The Hall–Kier alpha value is -0.0800. The van der Waals surface area contributed by atoms with Gasteiger partial charge in [0.15, 0.2) is 0 Å². The van der Waals surface area contributed by atoms with Crippen LogP contribution < -0.4 is 5.32 Å². The third kappa shape index (κ3) is 3.16. The van der Waals surface area contributed by atoms with Crippen molar-refractivity contribution in [1.29, 1.82) is 0 Å². The first-order valence-electron chi connectivity index (χ1n) is 8.59. The van der Waals surface area contributed by atoms with Gasteiger partial charge in [0, 0.05) is 24.2 Å². The fourth-order valence-corrected chi connectivity index (χ4v) is 5.03. The van der Waals surface area contributed by atoms with Crippen LogP contribution in [-0.2, 0) is 0 Å². The maximum absolute atomic E-state index is 3.62. The van der Waals surface area contributed by atoms with Crippen molar-refractivity contribution in [3.63, 3.8) is 0 Å². The van der Waals surface area contributed by atoms with Gasteiger partial charge in [0.05, 0.1) is 0 Å². The summed E-state index contributed by atoms with van der Waals surface area (Å²) in [5.41, 5.74) is 0. The average Bonchev–Trinajstić information content (AvgIpc) is 2.79. The lowest BCUT2D eigenvalue weighted by molar-refractivity contribution is 0.142. The molecule has 0 saturated carbocycles. The predicted octanol–water partition coefficient (Wildman–Crippen LogP) is 3.42. The number of piperidine rings is 2. The van der Waals surface area contributed by atoms with Gasteiger partial charge in [-0.2, -0.15) is 0 Å². The second-order valence-electron chi connectivity index (χ2n) is 7.84. The predicted molar refractivity (Wildman–Crippen MR) is 81.3 cm³/mol. The third-order valence-electron chi connectivity index (χ3n) is 6.04. The molecule has 4 bridgehead atoms. The lowest BCUT2D eigenvalue weighted by atomic mass is 9.93. The zero-order valence-electron chi connectivity index (χ0n) is 13.1. The Morgan fingerprint density at radius 1 is 0.737 bits per heavy atom. The molecule has 0 amide bonds. The molecule has 19 heavy (non-hydrogen) atoms. The van der Waals surface area contributed by atoms with Crippen molar-refractivity contribution in [3.8, 4) is 0 Å². The molecule has 4 rings (SSSR count). The van der Waals surface area contributed by atoms with Gasteiger partial charge in [-0.3, -0.25) is 0 Å². The van der Waals surface area contributed by atoms with Crippen molar-refractivity contribution in [2.45, 2.75) is 89.4 Å². The van der Waals surface area contributed by atoms with E-state index in [2.05, 4.69) is 31.1 Å². The number of rotatable bonds is 0. The molecule has 2 nitrogen and oxygen atoms in total. The lowest BCUT2D eigenvalue weighted by Crippen LogP contribution is -2.39. The number of hydrogen-bond donors (Lipinski definition) is 1. The molecule has 4 aliphatic heterocycles. The van der Waals surface area contributed by atoms with E-state index in [0.29, 0.717) is 0 Å². The van der Waals surface area contributed by atoms with Crippen LogP contribution in [0.1, 0.15) is 65.2 Å². The summed E-state index contributed by atoms with van der Waals surface area (Å²) in [6.45, 7) is 4.78. The van der Waals surface area contributed by atoms with Gasteiger partial charge in [-0.25, -0.2) is 0 Å². The van der Waals surface area contributed by atoms with Crippen molar-refractivity contribution in [2.24, 2.45) is 11.8 Å². The van der Waals surface area contributed by atoms with Crippen LogP contribution in [0.2, 0.25) is 0 Å². The summed E-state index contributed by atoms with van der Waals surface area (Å²) in [6.07, 6.45) is 11.6. The van der Waals surface area contributed by atoms with Crippen LogP contribution in [-0.4, -0.2) is 36.1 Å². The Balaban J connectivity index is 0.000000117. The van der Waals surface area contributed by atoms with Gasteiger partial charge in [-0.15, -0.1) is 0 Å². The molecule has 4 unspecified atom stereocenters. The molecule has 110 valence electrons. The summed E-state index contributed by atoms with van der Waals surface area (Å²) in [5.74, 6) is 1.98. The minimum absolute atomic E-state index is 0.888. The molecular weight excluding hydrogens is 232 g/mol. The Labute approximate surface area is 119 Å². The highest BCUT2D eigenvalue weighted by atomic mass is 15.2. The zero-order chi connectivity index (χ0) is 13.4. The van der Waals surface area contributed by atoms with E-state index >= 15 is 0 Å². The largest absolute Gasteiger partial charge is 0.311 e. The van der Waals surface area contributed by atoms with Gasteiger partial charge in [-0.1, -0.05) is 13.8 Å². The van der Waals surface area contributed by atoms with E-state index in [4.69, 9.17) is 0 Å². The SMILES string of the molecule is CC1CC2CCC(C1)N2.CC1CC2CCC(C1)N2C. The summed E-state index contributed by atoms with van der Waals surface area (Å²) in [7, 11) is 2.30. The van der Waals surface area contributed by atoms with Gasteiger partial charge in [0.2, 0.25) is 0 Å². The van der Waals surface area contributed by atoms with Gasteiger partial charge in [0.1, 0.15) is 0 Å². The lowest BCUT2D eigenvalue weighted by Gasteiger charge is -2.34. The highest BCUT2D eigenvalue weighted by Crippen LogP contribution is 2.36. The van der Waals surface area contributed by atoms with Gasteiger partial charge in [-0.05, 0) is 70.3 Å². The van der Waals surface area contributed by atoms with Crippen LogP contribution in [0, 0.1) is 11.8 Å². The first-order valence-corrected chi connectivity index (χ1v) is 8.59. The molecule has 1 N–H and O–H groups in total. The Kier molecular flexibility index (Phi) is 4.19. The van der Waals surface area contributed by atoms with E-state index in [1.807, 2.05) is 0 Å².